The predicted octanol–water partition coefficient (Wildman–Crippen LogP) is 2.26. The maximum absolute atomic E-state index is 12.3. The van der Waals surface area contributed by atoms with Gasteiger partial charge in [-0.2, -0.15) is 10.2 Å². The van der Waals surface area contributed by atoms with Crippen LogP contribution < -0.4 is 10.6 Å². The van der Waals surface area contributed by atoms with Crippen LogP contribution in [0.1, 0.15) is 21.0 Å². The van der Waals surface area contributed by atoms with Gasteiger partial charge in [-0.05, 0) is 46.9 Å². The first-order valence-corrected chi connectivity index (χ1v) is 8.42. The second kappa shape index (κ2) is 7.05. The van der Waals surface area contributed by atoms with Crippen molar-refractivity contribution in [2.45, 2.75) is 0 Å². The summed E-state index contributed by atoms with van der Waals surface area (Å²) in [6, 6.07) is 8.52. The van der Waals surface area contributed by atoms with E-state index in [4.69, 9.17) is 0 Å². The zero-order valence-corrected chi connectivity index (χ0v) is 15.7. The molecule has 9 heteroatoms. The predicted molar refractivity (Wildman–Crippen MR) is 101 cm³/mol. The largest absolute Gasteiger partial charge is 0.321 e. The fourth-order valence-electron chi connectivity index (χ4n) is 2.21. The molecule has 2 aromatic heterocycles. The summed E-state index contributed by atoms with van der Waals surface area (Å²) in [5, 5.41) is 13.7. The molecule has 0 saturated carbocycles. The molecule has 0 aliphatic heterocycles. The van der Waals surface area contributed by atoms with Gasteiger partial charge in [-0.15, -0.1) is 0 Å². The normalized spacial score (nSPS) is 10.5. The van der Waals surface area contributed by atoms with Crippen LogP contribution in [-0.4, -0.2) is 31.4 Å². The minimum Gasteiger partial charge on any atom is -0.321 e. The molecular formula is C16H15IN6O2. The maximum Gasteiger partial charge on any atom is 0.277 e. The van der Waals surface area contributed by atoms with Crippen LogP contribution in [0.25, 0.3) is 0 Å². The summed E-state index contributed by atoms with van der Waals surface area (Å²) in [4.78, 5) is 24.5. The monoisotopic (exact) mass is 450 g/mol. The lowest BCUT2D eigenvalue weighted by molar-refractivity contribution is 0.101. The van der Waals surface area contributed by atoms with E-state index >= 15 is 0 Å². The van der Waals surface area contributed by atoms with Gasteiger partial charge in [-0.1, -0.05) is 6.07 Å². The molecule has 0 aliphatic rings. The number of rotatable bonds is 4. The zero-order valence-electron chi connectivity index (χ0n) is 13.5. The van der Waals surface area contributed by atoms with Gasteiger partial charge >= 0.3 is 0 Å². The van der Waals surface area contributed by atoms with Gasteiger partial charge < -0.3 is 10.6 Å². The van der Waals surface area contributed by atoms with Crippen LogP contribution in [0.5, 0.6) is 0 Å². The van der Waals surface area contributed by atoms with Gasteiger partial charge in [0, 0.05) is 37.9 Å². The van der Waals surface area contributed by atoms with Gasteiger partial charge in [0.15, 0.2) is 11.4 Å². The molecule has 2 N–H and O–H groups in total. The number of nitrogens with zero attached hydrogens (tertiary/aromatic N) is 4. The Morgan fingerprint density at radius 1 is 1.00 bits per heavy atom. The van der Waals surface area contributed by atoms with Crippen molar-refractivity contribution >= 4 is 45.8 Å². The second-order valence-corrected chi connectivity index (χ2v) is 6.53. The highest BCUT2D eigenvalue weighted by Crippen LogP contribution is 2.18. The van der Waals surface area contributed by atoms with Crippen molar-refractivity contribution in [1.29, 1.82) is 0 Å². The van der Waals surface area contributed by atoms with Crippen LogP contribution in [0.3, 0.4) is 0 Å². The van der Waals surface area contributed by atoms with E-state index in [-0.39, 0.29) is 11.8 Å². The fraction of sp³-hybridized carbons (Fsp3) is 0.125. The van der Waals surface area contributed by atoms with Gasteiger partial charge in [-0.3, -0.25) is 19.0 Å². The number of aryl methyl sites for hydroxylation is 2. The Morgan fingerprint density at radius 2 is 1.68 bits per heavy atom. The number of carbonyl (C=O) groups is 2. The fourth-order valence-corrected chi connectivity index (χ4v) is 2.97. The summed E-state index contributed by atoms with van der Waals surface area (Å²) >= 11 is 2.06. The molecule has 0 fully saturated rings. The van der Waals surface area contributed by atoms with Crippen LogP contribution >= 0.6 is 22.6 Å². The SMILES string of the molecule is Cn1ccc(C(=O)Nc2cccc(NC(=O)c3nn(C)cc3I)c2)n1. The third-order valence-electron chi connectivity index (χ3n) is 3.32. The van der Waals surface area contributed by atoms with E-state index in [9.17, 15) is 9.59 Å². The molecule has 0 radical (unpaired) electrons. The lowest BCUT2D eigenvalue weighted by atomic mass is 10.2. The number of carbonyl (C=O) groups excluding carboxylic acids is 2. The Kier molecular flexibility index (Phi) is 4.83. The number of anilines is 2. The van der Waals surface area contributed by atoms with Crippen LogP contribution in [0.4, 0.5) is 11.4 Å². The molecule has 128 valence electrons. The highest BCUT2D eigenvalue weighted by atomic mass is 127. The van der Waals surface area contributed by atoms with E-state index in [1.165, 1.54) is 0 Å². The lowest BCUT2D eigenvalue weighted by Gasteiger charge is -2.07. The molecule has 3 aromatic rings. The third-order valence-corrected chi connectivity index (χ3v) is 4.11. The van der Waals surface area contributed by atoms with Gasteiger partial charge in [0.1, 0.15) is 0 Å². The summed E-state index contributed by atoms with van der Waals surface area (Å²) in [5.74, 6) is -0.624. The van der Waals surface area contributed by atoms with E-state index in [2.05, 4.69) is 43.4 Å². The molecular weight excluding hydrogens is 435 g/mol. The van der Waals surface area contributed by atoms with Crippen LogP contribution in [0.2, 0.25) is 0 Å². The van der Waals surface area contributed by atoms with E-state index < -0.39 is 0 Å². The van der Waals surface area contributed by atoms with Crippen molar-refractivity contribution < 1.29 is 9.59 Å². The van der Waals surface area contributed by atoms with Crippen LogP contribution in [0.15, 0.2) is 42.7 Å². The van der Waals surface area contributed by atoms with Gasteiger partial charge in [0.2, 0.25) is 0 Å². The quantitative estimate of drug-likeness (QED) is 0.597. The summed E-state index contributed by atoms with van der Waals surface area (Å²) in [5.41, 5.74) is 1.79. The Bertz CT molecular complexity index is 946. The Balaban J connectivity index is 1.72. The number of aromatic nitrogens is 4. The third kappa shape index (κ3) is 4.05. The Hall–Kier alpha value is -2.69. The van der Waals surface area contributed by atoms with Crippen LogP contribution in [-0.2, 0) is 14.1 Å². The summed E-state index contributed by atoms with van der Waals surface area (Å²) in [6.07, 6.45) is 3.46. The number of nitrogens with one attached hydrogen (secondary N) is 2. The van der Waals surface area contributed by atoms with Crippen molar-refractivity contribution in [3.05, 3.63) is 57.7 Å². The standard InChI is InChI=1S/C16H15IN6O2/c1-22-7-6-13(20-22)15(24)18-10-4-3-5-11(8-10)19-16(25)14-12(17)9-23(2)21-14/h3-9H,1-2H3,(H,18,24)(H,19,25). The number of hydrogen-bond acceptors (Lipinski definition) is 4. The van der Waals surface area contributed by atoms with Crippen LogP contribution in [0, 0.1) is 3.57 Å². The van der Waals surface area contributed by atoms with Crippen molar-refractivity contribution in [3.63, 3.8) is 0 Å². The van der Waals surface area contributed by atoms with E-state index in [1.54, 1.807) is 66.2 Å². The van der Waals surface area contributed by atoms with Crippen molar-refractivity contribution in [2.24, 2.45) is 14.1 Å². The Morgan fingerprint density at radius 3 is 2.24 bits per heavy atom. The van der Waals surface area contributed by atoms with E-state index in [0.29, 0.717) is 22.8 Å². The van der Waals surface area contributed by atoms with Crippen molar-refractivity contribution in [1.82, 2.24) is 19.6 Å². The summed E-state index contributed by atoms with van der Waals surface area (Å²) in [6.45, 7) is 0. The van der Waals surface area contributed by atoms with Gasteiger partial charge in [-0.25, -0.2) is 0 Å². The zero-order chi connectivity index (χ0) is 18.0. The van der Waals surface area contributed by atoms with Gasteiger partial charge in [0.05, 0.1) is 3.57 Å². The number of halogens is 1. The minimum absolute atomic E-state index is 0.307. The second-order valence-electron chi connectivity index (χ2n) is 5.36. The van der Waals surface area contributed by atoms with Gasteiger partial charge in [0.25, 0.3) is 11.8 Å². The molecule has 8 nitrogen and oxygen atoms in total. The molecule has 2 amide bonds. The molecule has 0 bridgehead atoms. The molecule has 0 aliphatic carbocycles. The van der Waals surface area contributed by atoms with Crippen molar-refractivity contribution in [3.8, 4) is 0 Å². The first-order chi connectivity index (χ1) is 11.9. The molecule has 0 unspecified atom stereocenters. The van der Waals surface area contributed by atoms with E-state index in [0.717, 1.165) is 3.57 Å². The minimum atomic E-state index is -0.316. The molecule has 0 spiro atoms. The molecule has 0 atom stereocenters. The highest BCUT2D eigenvalue weighted by Gasteiger charge is 2.15. The topological polar surface area (TPSA) is 93.8 Å². The first kappa shape index (κ1) is 17.1. The van der Waals surface area contributed by atoms with Crippen molar-refractivity contribution in [2.75, 3.05) is 10.6 Å². The average molecular weight is 450 g/mol. The Labute approximate surface area is 157 Å². The summed E-state index contributed by atoms with van der Waals surface area (Å²) < 4.78 is 3.90. The van der Waals surface area contributed by atoms with E-state index in [1.807, 2.05) is 0 Å². The highest BCUT2D eigenvalue weighted by molar-refractivity contribution is 14.1. The molecule has 25 heavy (non-hydrogen) atoms. The number of amides is 2. The smallest absolute Gasteiger partial charge is 0.277 e. The number of hydrogen-bond donors (Lipinski definition) is 2. The first-order valence-electron chi connectivity index (χ1n) is 7.34. The molecule has 1 aromatic carbocycles. The summed E-state index contributed by atoms with van der Waals surface area (Å²) in [7, 11) is 3.50. The molecule has 2 heterocycles. The molecule has 0 saturated heterocycles. The molecule has 3 rings (SSSR count). The number of benzene rings is 1. The lowest BCUT2D eigenvalue weighted by Crippen LogP contribution is -2.15. The average Bonchev–Trinajstić information content (AvgIpc) is 3.13. The maximum atomic E-state index is 12.3.